The van der Waals surface area contributed by atoms with Gasteiger partial charge in [0.05, 0.1) is 5.56 Å². The molecule has 18 heavy (non-hydrogen) atoms. The van der Waals surface area contributed by atoms with Crippen molar-refractivity contribution in [2.75, 3.05) is 17.6 Å². The van der Waals surface area contributed by atoms with Crippen LogP contribution in [0.3, 0.4) is 0 Å². The van der Waals surface area contributed by atoms with Gasteiger partial charge in [0, 0.05) is 30.4 Å². The lowest BCUT2D eigenvalue weighted by Crippen LogP contribution is -2.32. The number of nitrogens with two attached hydrogens (primary N) is 2. The first-order valence-corrected chi connectivity index (χ1v) is 5.79. The number of nitrogens with one attached hydrogen (secondary N) is 2. The van der Waals surface area contributed by atoms with E-state index in [9.17, 15) is 9.59 Å². The number of rotatable bonds is 4. The van der Waals surface area contributed by atoms with Crippen LogP contribution in [0.25, 0.3) is 0 Å². The minimum Gasteiger partial charge on any atom is -0.399 e. The van der Waals surface area contributed by atoms with Crippen molar-refractivity contribution in [1.29, 1.82) is 0 Å². The second kappa shape index (κ2) is 4.95. The third-order valence-corrected chi connectivity index (χ3v) is 2.93. The van der Waals surface area contributed by atoms with Crippen molar-refractivity contribution in [3.05, 3.63) is 23.8 Å². The van der Waals surface area contributed by atoms with Crippen molar-refractivity contribution in [2.45, 2.75) is 18.9 Å². The Morgan fingerprint density at radius 2 is 2.28 bits per heavy atom. The summed E-state index contributed by atoms with van der Waals surface area (Å²) in [7, 11) is 0. The minimum absolute atomic E-state index is 0.0597. The summed E-state index contributed by atoms with van der Waals surface area (Å²) in [6.07, 6.45) is 1.34. The second-order valence-corrected chi connectivity index (χ2v) is 4.35. The van der Waals surface area contributed by atoms with E-state index >= 15 is 0 Å². The molecule has 1 atom stereocenters. The molecule has 1 saturated heterocycles. The van der Waals surface area contributed by atoms with Crippen LogP contribution >= 0.6 is 0 Å². The highest BCUT2D eigenvalue weighted by molar-refractivity contribution is 5.99. The molecule has 1 heterocycles. The molecular weight excluding hydrogens is 232 g/mol. The number of benzene rings is 1. The molecule has 1 fully saturated rings. The van der Waals surface area contributed by atoms with Gasteiger partial charge in [-0.3, -0.25) is 9.59 Å². The van der Waals surface area contributed by atoms with Gasteiger partial charge in [0.1, 0.15) is 0 Å². The van der Waals surface area contributed by atoms with Gasteiger partial charge in [0.15, 0.2) is 0 Å². The van der Waals surface area contributed by atoms with E-state index in [1.54, 1.807) is 18.2 Å². The lowest BCUT2D eigenvalue weighted by atomic mass is 10.1. The molecular formula is C12H16N4O2. The summed E-state index contributed by atoms with van der Waals surface area (Å²) in [6.45, 7) is 0.551. The van der Waals surface area contributed by atoms with E-state index in [1.165, 1.54) is 0 Å². The summed E-state index contributed by atoms with van der Waals surface area (Å²) in [5, 5.41) is 5.94. The highest BCUT2D eigenvalue weighted by Crippen LogP contribution is 2.19. The van der Waals surface area contributed by atoms with Crippen molar-refractivity contribution >= 4 is 23.2 Å². The molecule has 6 nitrogen and oxygen atoms in total. The van der Waals surface area contributed by atoms with Crippen molar-refractivity contribution in [1.82, 2.24) is 5.32 Å². The van der Waals surface area contributed by atoms with Gasteiger partial charge in [-0.2, -0.15) is 0 Å². The number of carbonyl (C=O) groups is 2. The first kappa shape index (κ1) is 12.2. The summed E-state index contributed by atoms with van der Waals surface area (Å²) in [4.78, 5) is 22.3. The van der Waals surface area contributed by atoms with Crippen LogP contribution in [0.15, 0.2) is 18.2 Å². The zero-order chi connectivity index (χ0) is 13.1. The van der Waals surface area contributed by atoms with Crippen LogP contribution in [0.2, 0.25) is 0 Å². The number of amides is 2. The number of anilines is 2. The van der Waals surface area contributed by atoms with Gasteiger partial charge in [-0.05, 0) is 24.6 Å². The van der Waals surface area contributed by atoms with Crippen molar-refractivity contribution in [2.24, 2.45) is 5.73 Å². The maximum Gasteiger partial charge on any atom is 0.250 e. The van der Waals surface area contributed by atoms with Crippen LogP contribution < -0.4 is 22.1 Å². The molecule has 0 aliphatic carbocycles. The van der Waals surface area contributed by atoms with Gasteiger partial charge in [0.2, 0.25) is 5.91 Å². The molecule has 2 amide bonds. The van der Waals surface area contributed by atoms with E-state index in [1.807, 2.05) is 0 Å². The number of primary amides is 1. The van der Waals surface area contributed by atoms with E-state index in [0.29, 0.717) is 29.9 Å². The quantitative estimate of drug-likeness (QED) is 0.564. The van der Waals surface area contributed by atoms with Crippen LogP contribution in [0.5, 0.6) is 0 Å². The first-order chi connectivity index (χ1) is 8.56. The standard InChI is InChI=1S/C12H16N4O2/c13-7-1-3-9(12(14)18)10(5-7)15-6-8-2-4-11(17)16-8/h1,3,5,8,15H,2,4,6,13H2,(H2,14,18)(H,16,17). The van der Waals surface area contributed by atoms with Crippen LogP contribution in [0, 0.1) is 0 Å². The van der Waals surface area contributed by atoms with E-state index in [-0.39, 0.29) is 11.9 Å². The fourth-order valence-electron chi connectivity index (χ4n) is 1.99. The number of hydrogen-bond donors (Lipinski definition) is 4. The lowest BCUT2D eigenvalue weighted by Gasteiger charge is -2.14. The zero-order valence-corrected chi connectivity index (χ0v) is 9.90. The van der Waals surface area contributed by atoms with Gasteiger partial charge in [0.25, 0.3) is 5.91 Å². The van der Waals surface area contributed by atoms with Gasteiger partial charge < -0.3 is 22.1 Å². The molecule has 1 aromatic carbocycles. The Bertz CT molecular complexity index is 487. The Kier molecular flexibility index (Phi) is 3.36. The van der Waals surface area contributed by atoms with E-state index in [2.05, 4.69) is 10.6 Å². The second-order valence-electron chi connectivity index (χ2n) is 4.35. The predicted octanol–water partition coefficient (Wildman–Crippen LogP) is 0.0582. The summed E-state index contributed by atoms with van der Waals surface area (Å²) in [5.41, 5.74) is 12.5. The predicted molar refractivity (Wildman–Crippen MR) is 69.0 cm³/mol. The zero-order valence-electron chi connectivity index (χ0n) is 9.90. The molecule has 6 N–H and O–H groups in total. The first-order valence-electron chi connectivity index (χ1n) is 5.79. The molecule has 6 heteroatoms. The van der Waals surface area contributed by atoms with Gasteiger partial charge >= 0.3 is 0 Å². The fourth-order valence-corrected chi connectivity index (χ4v) is 1.99. The number of hydrogen-bond acceptors (Lipinski definition) is 4. The molecule has 1 aliphatic rings. The van der Waals surface area contributed by atoms with Gasteiger partial charge in [-0.15, -0.1) is 0 Å². The summed E-state index contributed by atoms with van der Waals surface area (Å²) in [6, 6.07) is 4.96. The normalized spacial score (nSPS) is 18.4. The van der Waals surface area contributed by atoms with Gasteiger partial charge in [-0.25, -0.2) is 0 Å². The van der Waals surface area contributed by atoms with E-state index < -0.39 is 5.91 Å². The van der Waals surface area contributed by atoms with Crippen molar-refractivity contribution in [3.8, 4) is 0 Å². The topological polar surface area (TPSA) is 110 Å². The van der Waals surface area contributed by atoms with Crippen LogP contribution in [0.1, 0.15) is 23.2 Å². The van der Waals surface area contributed by atoms with Crippen LogP contribution in [0.4, 0.5) is 11.4 Å². The maximum absolute atomic E-state index is 11.3. The molecule has 2 rings (SSSR count). The van der Waals surface area contributed by atoms with Crippen LogP contribution in [-0.2, 0) is 4.79 Å². The number of nitrogen functional groups attached to an aromatic ring is 1. The fraction of sp³-hybridized carbons (Fsp3) is 0.333. The summed E-state index contributed by atoms with van der Waals surface area (Å²) in [5.74, 6) is -0.447. The van der Waals surface area contributed by atoms with Crippen molar-refractivity contribution < 1.29 is 9.59 Å². The maximum atomic E-state index is 11.3. The van der Waals surface area contributed by atoms with E-state index in [0.717, 1.165) is 6.42 Å². The third kappa shape index (κ3) is 2.71. The van der Waals surface area contributed by atoms with Gasteiger partial charge in [-0.1, -0.05) is 0 Å². The van der Waals surface area contributed by atoms with Crippen molar-refractivity contribution in [3.63, 3.8) is 0 Å². The number of carbonyl (C=O) groups excluding carboxylic acids is 2. The Balaban J connectivity index is 2.06. The molecule has 0 radical (unpaired) electrons. The Morgan fingerprint density at radius 1 is 1.50 bits per heavy atom. The van der Waals surface area contributed by atoms with Crippen LogP contribution in [-0.4, -0.2) is 24.4 Å². The third-order valence-electron chi connectivity index (χ3n) is 2.93. The smallest absolute Gasteiger partial charge is 0.250 e. The lowest BCUT2D eigenvalue weighted by molar-refractivity contribution is -0.119. The summed E-state index contributed by atoms with van der Waals surface area (Å²) >= 11 is 0. The SMILES string of the molecule is NC(=O)c1ccc(N)cc1NCC1CCC(=O)N1. The minimum atomic E-state index is -0.507. The molecule has 0 bridgehead atoms. The molecule has 1 aliphatic heterocycles. The largest absolute Gasteiger partial charge is 0.399 e. The molecule has 0 aromatic heterocycles. The highest BCUT2D eigenvalue weighted by atomic mass is 16.2. The highest BCUT2D eigenvalue weighted by Gasteiger charge is 2.20. The molecule has 0 saturated carbocycles. The molecule has 1 aromatic rings. The molecule has 1 unspecified atom stereocenters. The monoisotopic (exact) mass is 248 g/mol. The Hall–Kier alpha value is -2.24. The Labute approximate surface area is 105 Å². The summed E-state index contributed by atoms with van der Waals surface area (Å²) < 4.78 is 0. The molecule has 96 valence electrons. The Morgan fingerprint density at radius 3 is 2.89 bits per heavy atom. The van der Waals surface area contributed by atoms with E-state index in [4.69, 9.17) is 11.5 Å². The molecule has 0 spiro atoms. The average Bonchev–Trinajstić information content (AvgIpc) is 2.72. The average molecular weight is 248 g/mol.